The highest BCUT2D eigenvalue weighted by molar-refractivity contribution is 5.95. The summed E-state index contributed by atoms with van der Waals surface area (Å²) in [6, 6.07) is 1.68. The van der Waals surface area contributed by atoms with Crippen LogP contribution < -0.4 is 5.32 Å². The molecule has 1 aromatic heterocycles. The number of carbonyl (C=O) groups excluding carboxylic acids is 1. The average molecular weight is 225 g/mol. The molecular formula is C12H16FNO2. The third-order valence-corrected chi connectivity index (χ3v) is 2.99. The summed E-state index contributed by atoms with van der Waals surface area (Å²) in [7, 11) is 0. The fraction of sp³-hybridized carbons (Fsp3) is 0.583. The van der Waals surface area contributed by atoms with Gasteiger partial charge < -0.3 is 9.73 Å². The van der Waals surface area contributed by atoms with Gasteiger partial charge in [0.15, 0.2) is 0 Å². The molecule has 2 rings (SSSR count). The molecule has 2 atom stereocenters. The Morgan fingerprint density at radius 2 is 2.25 bits per heavy atom. The lowest BCUT2D eigenvalue weighted by atomic mass is 10.2. The molecule has 1 heterocycles. The Balaban J connectivity index is 2.00. The van der Waals surface area contributed by atoms with Crippen molar-refractivity contribution in [3.05, 3.63) is 23.2 Å². The van der Waals surface area contributed by atoms with Gasteiger partial charge in [-0.25, -0.2) is 4.39 Å². The van der Waals surface area contributed by atoms with Crippen LogP contribution in [0, 0.1) is 13.8 Å². The molecule has 1 N–H and O–H groups in total. The summed E-state index contributed by atoms with van der Waals surface area (Å²) in [4.78, 5) is 11.8. The van der Waals surface area contributed by atoms with E-state index in [0.29, 0.717) is 24.2 Å². The lowest BCUT2D eigenvalue weighted by Gasteiger charge is -2.10. The van der Waals surface area contributed by atoms with E-state index in [9.17, 15) is 9.18 Å². The van der Waals surface area contributed by atoms with Gasteiger partial charge in [-0.15, -0.1) is 0 Å². The van der Waals surface area contributed by atoms with Crippen LogP contribution in [0.3, 0.4) is 0 Å². The van der Waals surface area contributed by atoms with E-state index in [4.69, 9.17) is 4.42 Å². The first-order valence-corrected chi connectivity index (χ1v) is 5.58. The summed E-state index contributed by atoms with van der Waals surface area (Å²) in [5, 5.41) is 2.84. The molecule has 4 heteroatoms. The molecule has 0 saturated heterocycles. The second-order valence-electron chi connectivity index (χ2n) is 4.41. The van der Waals surface area contributed by atoms with Crippen LogP contribution in [0.2, 0.25) is 0 Å². The molecular weight excluding hydrogens is 209 g/mol. The molecule has 3 nitrogen and oxygen atoms in total. The number of hydrogen-bond acceptors (Lipinski definition) is 2. The summed E-state index contributed by atoms with van der Waals surface area (Å²) >= 11 is 0. The zero-order valence-corrected chi connectivity index (χ0v) is 9.55. The molecule has 0 spiro atoms. The molecule has 1 aromatic rings. The van der Waals surface area contributed by atoms with Gasteiger partial charge in [0.2, 0.25) is 0 Å². The number of hydrogen-bond donors (Lipinski definition) is 1. The average Bonchev–Trinajstić information content (AvgIpc) is 2.73. The van der Waals surface area contributed by atoms with Crippen molar-refractivity contribution in [3.63, 3.8) is 0 Å². The van der Waals surface area contributed by atoms with Gasteiger partial charge in [-0.3, -0.25) is 4.79 Å². The first-order chi connectivity index (χ1) is 7.56. The quantitative estimate of drug-likeness (QED) is 0.840. The number of halogens is 1. The van der Waals surface area contributed by atoms with Gasteiger partial charge in [0.05, 0.1) is 5.56 Å². The summed E-state index contributed by atoms with van der Waals surface area (Å²) in [6.45, 7) is 3.56. The maximum atomic E-state index is 12.9. The SMILES string of the molecule is Cc1cc(C(=O)N[C@@H]2CC[C@@H](F)C2)c(C)o1. The molecule has 0 aromatic carbocycles. The summed E-state index contributed by atoms with van der Waals surface area (Å²) < 4.78 is 18.2. The Morgan fingerprint density at radius 3 is 2.75 bits per heavy atom. The molecule has 0 radical (unpaired) electrons. The van der Waals surface area contributed by atoms with E-state index in [0.717, 1.165) is 12.2 Å². The Morgan fingerprint density at radius 1 is 1.50 bits per heavy atom. The zero-order valence-electron chi connectivity index (χ0n) is 9.55. The molecule has 1 aliphatic rings. The third-order valence-electron chi connectivity index (χ3n) is 2.99. The largest absolute Gasteiger partial charge is 0.466 e. The van der Waals surface area contributed by atoms with Crippen LogP contribution in [0.4, 0.5) is 4.39 Å². The van der Waals surface area contributed by atoms with Gasteiger partial charge in [-0.05, 0) is 39.2 Å². The van der Waals surface area contributed by atoms with Gasteiger partial charge in [0.25, 0.3) is 5.91 Å². The smallest absolute Gasteiger partial charge is 0.255 e. The topological polar surface area (TPSA) is 42.2 Å². The van der Waals surface area contributed by atoms with E-state index in [2.05, 4.69) is 5.32 Å². The van der Waals surface area contributed by atoms with Crippen molar-refractivity contribution in [2.24, 2.45) is 0 Å². The van der Waals surface area contributed by atoms with Crippen LogP contribution in [0.15, 0.2) is 10.5 Å². The van der Waals surface area contributed by atoms with Crippen LogP contribution in [0.25, 0.3) is 0 Å². The van der Waals surface area contributed by atoms with E-state index in [1.54, 1.807) is 19.9 Å². The van der Waals surface area contributed by atoms with Gasteiger partial charge >= 0.3 is 0 Å². The van der Waals surface area contributed by atoms with E-state index < -0.39 is 6.17 Å². The van der Waals surface area contributed by atoms with Crippen molar-refractivity contribution in [1.82, 2.24) is 5.32 Å². The summed E-state index contributed by atoms with van der Waals surface area (Å²) in [6.07, 6.45) is 0.941. The maximum Gasteiger partial charge on any atom is 0.255 e. The van der Waals surface area contributed by atoms with Crippen molar-refractivity contribution in [1.29, 1.82) is 0 Å². The number of rotatable bonds is 2. The van der Waals surface area contributed by atoms with Gasteiger partial charge in [-0.1, -0.05) is 0 Å². The van der Waals surface area contributed by atoms with E-state index >= 15 is 0 Å². The van der Waals surface area contributed by atoms with Crippen molar-refractivity contribution in [2.75, 3.05) is 0 Å². The number of carbonyl (C=O) groups is 1. The minimum Gasteiger partial charge on any atom is -0.466 e. The van der Waals surface area contributed by atoms with Gasteiger partial charge in [0.1, 0.15) is 17.7 Å². The van der Waals surface area contributed by atoms with Crippen LogP contribution in [-0.4, -0.2) is 18.1 Å². The number of alkyl halides is 1. The van der Waals surface area contributed by atoms with Crippen LogP contribution in [0.5, 0.6) is 0 Å². The van der Waals surface area contributed by atoms with Crippen LogP contribution >= 0.6 is 0 Å². The normalized spacial score (nSPS) is 24.7. The van der Waals surface area contributed by atoms with E-state index in [1.165, 1.54) is 0 Å². The second kappa shape index (κ2) is 4.28. The number of nitrogens with one attached hydrogen (secondary N) is 1. The Labute approximate surface area is 94.0 Å². The fourth-order valence-corrected chi connectivity index (χ4v) is 2.18. The van der Waals surface area contributed by atoms with Crippen molar-refractivity contribution < 1.29 is 13.6 Å². The maximum absolute atomic E-state index is 12.9. The monoisotopic (exact) mass is 225 g/mol. The molecule has 1 aliphatic carbocycles. The standard InChI is InChI=1S/C12H16FNO2/c1-7-5-11(8(2)16-7)12(15)14-10-4-3-9(13)6-10/h5,9-10H,3-4,6H2,1-2H3,(H,14,15)/t9-,10-/m1/s1. The molecule has 1 amide bonds. The Kier molecular flexibility index (Phi) is 2.99. The Bertz CT molecular complexity index is 400. The summed E-state index contributed by atoms with van der Waals surface area (Å²) in [5.41, 5.74) is 0.555. The molecule has 0 aliphatic heterocycles. The highest BCUT2D eigenvalue weighted by Crippen LogP contribution is 2.22. The van der Waals surface area contributed by atoms with Gasteiger partial charge in [0, 0.05) is 6.04 Å². The molecule has 88 valence electrons. The van der Waals surface area contributed by atoms with Crippen molar-refractivity contribution in [2.45, 2.75) is 45.3 Å². The van der Waals surface area contributed by atoms with Crippen LogP contribution in [0.1, 0.15) is 41.1 Å². The number of aryl methyl sites for hydroxylation is 2. The minimum absolute atomic E-state index is 0.0305. The molecule has 1 saturated carbocycles. The number of amides is 1. The van der Waals surface area contributed by atoms with Gasteiger partial charge in [-0.2, -0.15) is 0 Å². The second-order valence-corrected chi connectivity index (χ2v) is 4.41. The fourth-order valence-electron chi connectivity index (χ4n) is 2.18. The Hall–Kier alpha value is -1.32. The van der Waals surface area contributed by atoms with Crippen molar-refractivity contribution in [3.8, 4) is 0 Å². The molecule has 16 heavy (non-hydrogen) atoms. The van der Waals surface area contributed by atoms with Crippen LogP contribution in [-0.2, 0) is 0 Å². The lowest BCUT2D eigenvalue weighted by Crippen LogP contribution is -2.33. The highest BCUT2D eigenvalue weighted by atomic mass is 19.1. The van der Waals surface area contributed by atoms with E-state index in [1.807, 2.05) is 0 Å². The number of furan rings is 1. The zero-order chi connectivity index (χ0) is 11.7. The predicted octanol–water partition coefficient (Wildman–Crippen LogP) is 2.52. The third kappa shape index (κ3) is 2.26. The lowest BCUT2D eigenvalue weighted by molar-refractivity contribution is 0.0935. The highest BCUT2D eigenvalue weighted by Gasteiger charge is 2.26. The molecule has 1 fully saturated rings. The van der Waals surface area contributed by atoms with E-state index in [-0.39, 0.29) is 11.9 Å². The first-order valence-electron chi connectivity index (χ1n) is 5.58. The predicted molar refractivity (Wildman–Crippen MR) is 58.2 cm³/mol. The van der Waals surface area contributed by atoms with Crippen molar-refractivity contribution >= 4 is 5.91 Å². The molecule has 0 unspecified atom stereocenters. The minimum atomic E-state index is -0.766. The first kappa shape index (κ1) is 11.2. The summed E-state index contributed by atoms with van der Waals surface area (Å²) in [5.74, 6) is 1.18. The molecule has 0 bridgehead atoms.